The third-order valence-corrected chi connectivity index (χ3v) is 4.83. The molecule has 1 N–H and O–H groups in total. The predicted octanol–water partition coefficient (Wildman–Crippen LogP) is 3.81. The minimum absolute atomic E-state index is 0.808. The molecule has 2 saturated carbocycles. The van der Waals surface area contributed by atoms with Crippen molar-refractivity contribution in [2.75, 3.05) is 13.1 Å². The molecule has 2 aliphatic rings. The summed E-state index contributed by atoms with van der Waals surface area (Å²) in [5, 5.41) is 3.71. The molecule has 2 nitrogen and oxygen atoms in total. The molecule has 0 aromatic rings. The Morgan fingerprint density at radius 2 is 1.58 bits per heavy atom. The minimum Gasteiger partial charge on any atom is -0.314 e. The lowest BCUT2D eigenvalue weighted by atomic mass is 9.89. The highest BCUT2D eigenvalue weighted by Crippen LogP contribution is 2.34. The fourth-order valence-corrected chi connectivity index (χ4v) is 3.44. The van der Waals surface area contributed by atoms with Crippen LogP contribution in [0.4, 0.5) is 0 Å². The first-order chi connectivity index (χ1) is 9.20. The van der Waals surface area contributed by atoms with Gasteiger partial charge in [0, 0.05) is 18.1 Å². The van der Waals surface area contributed by atoms with Crippen molar-refractivity contribution >= 4 is 0 Å². The quantitative estimate of drug-likeness (QED) is 0.719. The van der Waals surface area contributed by atoms with E-state index in [0.29, 0.717) is 0 Å². The summed E-state index contributed by atoms with van der Waals surface area (Å²) in [6, 6.07) is 2.65. The maximum Gasteiger partial charge on any atom is 0.00993 e. The summed E-state index contributed by atoms with van der Waals surface area (Å²) in [7, 11) is 0. The zero-order valence-corrected chi connectivity index (χ0v) is 13.3. The maximum absolute atomic E-state index is 3.71. The molecule has 0 amide bonds. The van der Waals surface area contributed by atoms with E-state index in [1.807, 2.05) is 0 Å². The molecule has 0 unspecified atom stereocenters. The summed E-state index contributed by atoms with van der Waals surface area (Å²) in [5.74, 6) is 0.851. The normalized spacial score (nSPS) is 28.3. The van der Waals surface area contributed by atoms with Gasteiger partial charge in [0.25, 0.3) is 0 Å². The Morgan fingerprint density at radius 1 is 1.00 bits per heavy atom. The van der Waals surface area contributed by atoms with Gasteiger partial charge < -0.3 is 5.32 Å². The van der Waals surface area contributed by atoms with Crippen LogP contribution in [0.2, 0.25) is 0 Å². The molecule has 0 atom stereocenters. The molecule has 0 aromatic carbocycles. The van der Waals surface area contributed by atoms with Gasteiger partial charge in [0.2, 0.25) is 0 Å². The van der Waals surface area contributed by atoms with E-state index in [2.05, 4.69) is 31.0 Å². The monoisotopic (exact) mass is 266 g/mol. The van der Waals surface area contributed by atoms with Crippen LogP contribution in [0.25, 0.3) is 0 Å². The fourth-order valence-electron chi connectivity index (χ4n) is 3.44. The molecule has 0 aliphatic heterocycles. The standard InChI is InChI=1S/C17H34N2/c1-4-12-18-15-5-7-16(8-6-15)19(17-9-10-17)13-11-14(2)3/h14-18H,4-13H2,1-3H3. The molecule has 0 saturated heterocycles. The summed E-state index contributed by atoms with van der Waals surface area (Å²) in [5.41, 5.74) is 0. The van der Waals surface area contributed by atoms with Crippen molar-refractivity contribution in [3.63, 3.8) is 0 Å². The third-order valence-electron chi connectivity index (χ3n) is 4.83. The Kier molecular flexibility index (Phi) is 6.15. The molecule has 0 spiro atoms. The first kappa shape index (κ1) is 15.3. The van der Waals surface area contributed by atoms with Crippen LogP contribution in [0.3, 0.4) is 0 Å². The Hall–Kier alpha value is -0.0800. The van der Waals surface area contributed by atoms with Gasteiger partial charge in [-0.2, -0.15) is 0 Å². The lowest BCUT2D eigenvalue weighted by Crippen LogP contribution is -2.44. The van der Waals surface area contributed by atoms with Crippen molar-refractivity contribution in [3.8, 4) is 0 Å². The lowest BCUT2D eigenvalue weighted by molar-refractivity contribution is 0.129. The Morgan fingerprint density at radius 3 is 2.05 bits per heavy atom. The smallest absolute Gasteiger partial charge is 0.00993 e. The summed E-state index contributed by atoms with van der Waals surface area (Å²) < 4.78 is 0. The second kappa shape index (κ2) is 7.64. The van der Waals surface area contributed by atoms with Gasteiger partial charge in [-0.15, -0.1) is 0 Å². The molecule has 112 valence electrons. The van der Waals surface area contributed by atoms with Crippen LogP contribution in [0.15, 0.2) is 0 Å². The van der Waals surface area contributed by atoms with Crippen LogP contribution in [0.5, 0.6) is 0 Å². The molecule has 19 heavy (non-hydrogen) atoms. The molecule has 2 rings (SSSR count). The van der Waals surface area contributed by atoms with E-state index in [4.69, 9.17) is 0 Å². The van der Waals surface area contributed by atoms with Crippen LogP contribution in [0.1, 0.15) is 72.1 Å². The zero-order chi connectivity index (χ0) is 13.7. The fraction of sp³-hybridized carbons (Fsp3) is 1.00. The second-order valence-corrected chi connectivity index (χ2v) is 7.11. The lowest BCUT2D eigenvalue weighted by Gasteiger charge is -2.38. The Bertz CT molecular complexity index is 240. The number of hydrogen-bond acceptors (Lipinski definition) is 2. The van der Waals surface area contributed by atoms with Crippen molar-refractivity contribution in [2.45, 2.75) is 90.3 Å². The van der Waals surface area contributed by atoms with Crippen molar-refractivity contribution in [2.24, 2.45) is 5.92 Å². The van der Waals surface area contributed by atoms with E-state index >= 15 is 0 Å². The summed E-state index contributed by atoms with van der Waals surface area (Å²) in [4.78, 5) is 2.87. The molecule has 0 bridgehead atoms. The van der Waals surface area contributed by atoms with Crippen LogP contribution in [0, 0.1) is 5.92 Å². The van der Waals surface area contributed by atoms with E-state index in [0.717, 1.165) is 24.0 Å². The summed E-state index contributed by atoms with van der Waals surface area (Å²) in [6.07, 6.45) is 11.2. The minimum atomic E-state index is 0.808. The molecule has 0 heterocycles. The summed E-state index contributed by atoms with van der Waals surface area (Å²) >= 11 is 0. The van der Waals surface area contributed by atoms with Gasteiger partial charge in [0.15, 0.2) is 0 Å². The van der Waals surface area contributed by atoms with Crippen LogP contribution in [-0.2, 0) is 0 Å². The molecule has 0 aromatic heterocycles. The highest BCUT2D eigenvalue weighted by molar-refractivity contribution is 4.91. The molecule has 2 fully saturated rings. The van der Waals surface area contributed by atoms with Gasteiger partial charge in [0.05, 0.1) is 0 Å². The van der Waals surface area contributed by atoms with Gasteiger partial charge >= 0.3 is 0 Å². The first-order valence-corrected chi connectivity index (χ1v) is 8.69. The number of rotatable bonds is 8. The second-order valence-electron chi connectivity index (χ2n) is 7.11. The van der Waals surface area contributed by atoms with Crippen molar-refractivity contribution < 1.29 is 0 Å². The van der Waals surface area contributed by atoms with Gasteiger partial charge in [0.1, 0.15) is 0 Å². The van der Waals surface area contributed by atoms with Gasteiger partial charge in [-0.3, -0.25) is 4.90 Å². The number of nitrogens with zero attached hydrogens (tertiary/aromatic N) is 1. The third kappa shape index (κ3) is 5.07. The summed E-state index contributed by atoms with van der Waals surface area (Å²) in [6.45, 7) is 9.53. The van der Waals surface area contributed by atoms with E-state index in [1.165, 1.54) is 64.5 Å². The molecule has 2 aliphatic carbocycles. The van der Waals surface area contributed by atoms with Crippen LogP contribution < -0.4 is 5.32 Å². The molecule has 2 heteroatoms. The Labute approximate surface area is 120 Å². The van der Waals surface area contributed by atoms with Crippen molar-refractivity contribution in [1.82, 2.24) is 10.2 Å². The van der Waals surface area contributed by atoms with Gasteiger partial charge in [-0.1, -0.05) is 20.8 Å². The van der Waals surface area contributed by atoms with Crippen LogP contribution in [-0.4, -0.2) is 36.1 Å². The molecular formula is C17H34N2. The van der Waals surface area contributed by atoms with E-state index in [-0.39, 0.29) is 0 Å². The van der Waals surface area contributed by atoms with E-state index < -0.39 is 0 Å². The first-order valence-electron chi connectivity index (χ1n) is 8.69. The highest BCUT2D eigenvalue weighted by Gasteiger charge is 2.35. The van der Waals surface area contributed by atoms with E-state index in [1.54, 1.807) is 0 Å². The van der Waals surface area contributed by atoms with Gasteiger partial charge in [-0.05, 0) is 70.4 Å². The van der Waals surface area contributed by atoms with Crippen molar-refractivity contribution in [3.05, 3.63) is 0 Å². The largest absolute Gasteiger partial charge is 0.314 e. The molecule has 0 radical (unpaired) electrons. The highest BCUT2D eigenvalue weighted by atomic mass is 15.2. The maximum atomic E-state index is 3.71. The average Bonchev–Trinajstić information content (AvgIpc) is 3.22. The van der Waals surface area contributed by atoms with Crippen LogP contribution >= 0.6 is 0 Å². The van der Waals surface area contributed by atoms with Gasteiger partial charge in [-0.25, -0.2) is 0 Å². The molecular weight excluding hydrogens is 232 g/mol. The Balaban J connectivity index is 1.74. The SMILES string of the molecule is CCCNC1CCC(N(CCC(C)C)C2CC2)CC1. The average molecular weight is 266 g/mol. The predicted molar refractivity (Wildman–Crippen MR) is 83.5 cm³/mol. The van der Waals surface area contributed by atoms with Crippen molar-refractivity contribution in [1.29, 1.82) is 0 Å². The topological polar surface area (TPSA) is 15.3 Å². The number of hydrogen-bond donors (Lipinski definition) is 1. The van der Waals surface area contributed by atoms with E-state index in [9.17, 15) is 0 Å². The zero-order valence-electron chi connectivity index (χ0n) is 13.3. The number of nitrogens with one attached hydrogen (secondary N) is 1.